The molecule has 2 unspecified atom stereocenters. The number of fused-ring (bicyclic) bond motifs is 1. The molecule has 1 aromatic heterocycles. The summed E-state index contributed by atoms with van der Waals surface area (Å²) in [6.45, 7) is 10.3. The second-order valence-electron chi connectivity index (χ2n) is 12.0. The third-order valence-electron chi connectivity index (χ3n) is 7.46. The van der Waals surface area contributed by atoms with E-state index < -0.39 is 35.1 Å². The van der Waals surface area contributed by atoms with Crippen molar-refractivity contribution in [3.8, 4) is 0 Å². The highest BCUT2D eigenvalue weighted by atomic mass is 16.6. The van der Waals surface area contributed by atoms with Crippen LogP contribution in [0.25, 0.3) is 11.0 Å². The zero-order valence-corrected chi connectivity index (χ0v) is 24.0. The molecular weight excluding hydrogens is 524 g/mol. The number of rotatable bonds is 6. The van der Waals surface area contributed by atoms with E-state index in [9.17, 15) is 19.2 Å². The molecule has 2 aliphatic heterocycles. The number of imide groups is 1. The average Bonchev–Trinajstić information content (AvgIpc) is 3.55. The Morgan fingerprint density at radius 1 is 1.12 bits per heavy atom. The fraction of sp³-hybridized carbons (Fsp3) is 0.433. The number of urea groups is 1. The zero-order valence-electron chi connectivity index (χ0n) is 24.0. The Morgan fingerprint density at radius 3 is 2.46 bits per heavy atom. The van der Waals surface area contributed by atoms with Crippen LogP contribution in [-0.4, -0.2) is 69.2 Å². The van der Waals surface area contributed by atoms with Gasteiger partial charge in [-0.05, 0) is 50.6 Å². The van der Waals surface area contributed by atoms with Gasteiger partial charge >= 0.3 is 12.1 Å². The van der Waals surface area contributed by atoms with E-state index in [1.165, 1.54) is 4.90 Å². The second kappa shape index (κ2) is 10.5. The molecule has 5 rings (SSSR count). The van der Waals surface area contributed by atoms with Crippen molar-refractivity contribution in [3.63, 3.8) is 0 Å². The normalized spacial score (nSPS) is 20.5. The smallest absolute Gasteiger partial charge is 0.410 e. The van der Waals surface area contributed by atoms with Crippen LogP contribution >= 0.6 is 0 Å². The predicted molar refractivity (Wildman–Crippen MR) is 152 cm³/mol. The van der Waals surface area contributed by atoms with E-state index in [0.29, 0.717) is 12.1 Å². The molecule has 216 valence electrons. The molecule has 3 aromatic rings. The molecule has 2 fully saturated rings. The van der Waals surface area contributed by atoms with Crippen molar-refractivity contribution in [2.75, 3.05) is 19.6 Å². The number of likely N-dealkylation sites (tertiary alicyclic amines) is 1. The number of nitrogens with zero attached hydrogens (tertiary/aromatic N) is 3. The van der Waals surface area contributed by atoms with Crippen molar-refractivity contribution in [2.45, 2.75) is 58.2 Å². The van der Waals surface area contributed by atoms with Crippen molar-refractivity contribution in [1.29, 1.82) is 0 Å². The van der Waals surface area contributed by atoms with Gasteiger partial charge in [-0.3, -0.25) is 14.9 Å². The van der Waals surface area contributed by atoms with Crippen LogP contribution in [0.1, 0.15) is 62.3 Å². The molecule has 2 saturated heterocycles. The first-order valence-electron chi connectivity index (χ1n) is 13.8. The van der Waals surface area contributed by atoms with Gasteiger partial charge in [-0.25, -0.2) is 14.6 Å². The molecule has 0 radical (unpaired) electrons. The van der Waals surface area contributed by atoms with Crippen LogP contribution < -0.4 is 16.0 Å². The number of hydrogen-bond donors (Lipinski definition) is 3. The summed E-state index contributed by atoms with van der Waals surface area (Å²) in [6, 6.07) is 14.8. The topological polar surface area (TPSA) is 135 Å². The summed E-state index contributed by atoms with van der Waals surface area (Å²) in [6.07, 6.45) is -0.582. The van der Waals surface area contributed by atoms with Crippen LogP contribution in [0.4, 0.5) is 9.59 Å². The van der Waals surface area contributed by atoms with E-state index in [4.69, 9.17) is 9.72 Å². The summed E-state index contributed by atoms with van der Waals surface area (Å²) >= 11 is 0. The second-order valence-corrected chi connectivity index (χ2v) is 12.0. The van der Waals surface area contributed by atoms with Gasteiger partial charge < -0.3 is 24.8 Å². The molecule has 0 bridgehead atoms. The molecular formula is C30H36N6O5. The lowest BCUT2D eigenvalue weighted by Gasteiger charge is -2.27. The number of imidazole rings is 1. The van der Waals surface area contributed by atoms with Gasteiger partial charge in [-0.2, -0.15) is 0 Å². The molecule has 5 amide bonds. The minimum absolute atomic E-state index is 0.0456. The van der Waals surface area contributed by atoms with Gasteiger partial charge in [0.2, 0.25) is 0 Å². The quantitative estimate of drug-likeness (QED) is 0.396. The first kappa shape index (κ1) is 28.1. The molecule has 11 nitrogen and oxygen atoms in total. The van der Waals surface area contributed by atoms with Gasteiger partial charge in [0, 0.05) is 37.0 Å². The molecule has 3 heterocycles. The van der Waals surface area contributed by atoms with Crippen LogP contribution in [0.2, 0.25) is 0 Å². The summed E-state index contributed by atoms with van der Waals surface area (Å²) in [5.41, 5.74) is 1.45. The highest BCUT2D eigenvalue weighted by Gasteiger charge is 2.58. The first-order chi connectivity index (χ1) is 19.4. The number of para-hydroxylation sites is 2. The van der Waals surface area contributed by atoms with Crippen LogP contribution in [0.5, 0.6) is 0 Å². The monoisotopic (exact) mass is 560 g/mol. The standard InChI is InChI=1S/C30H36N6O5/c1-18(2)24-32-22-8-6-7-9-23(22)36(24)15-19-10-12-20(13-11-19)25(37)31-14-21-16-35(28(40)41-29(3,4)5)17-30(21)26(38)33-27(39)34-30/h6-13,18,21H,14-17H2,1-5H3,(H,31,37)(H2,33,34,38,39). The summed E-state index contributed by atoms with van der Waals surface area (Å²) < 4.78 is 7.67. The lowest BCUT2D eigenvalue weighted by molar-refractivity contribution is -0.124. The fourth-order valence-corrected chi connectivity index (χ4v) is 5.49. The van der Waals surface area contributed by atoms with Crippen LogP contribution in [-0.2, 0) is 16.1 Å². The number of benzene rings is 2. The maximum Gasteiger partial charge on any atom is 0.410 e. The lowest BCUT2D eigenvalue weighted by Crippen LogP contribution is -2.56. The molecule has 41 heavy (non-hydrogen) atoms. The third-order valence-corrected chi connectivity index (χ3v) is 7.46. The highest BCUT2D eigenvalue weighted by molar-refractivity contribution is 6.08. The van der Waals surface area contributed by atoms with Gasteiger partial charge in [-0.15, -0.1) is 0 Å². The SMILES string of the molecule is CC(C)c1nc2ccccc2n1Cc1ccc(C(=O)NCC2CN(C(=O)OC(C)(C)C)CC23NC(=O)NC3=O)cc1. The van der Waals surface area contributed by atoms with Crippen molar-refractivity contribution < 1.29 is 23.9 Å². The van der Waals surface area contributed by atoms with Gasteiger partial charge in [0.15, 0.2) is 0 Å². The lowest BCUT2D eigenvalue weighted by atomic mass is 9.87. The van der Waals surface area contributed by atoms with E-state index >= 15 is 0 Å². The maximum atomic E-state index is 13.1. The summed E-state index contributed by atoms with van der Waals surface area (Å²) in [5, 5.41) is 7.84. The average molecular weight is 561 g/mol. The molecule has 2 aliphatic rings. The van der Waals surface area contributed by atoms with Gasteiger partial charge in [-0.1, -0.05) is 38.1 Å². The predicted octanol–water partition coefficient (Wildman–Crippen LogP) is 3.38. The molecule has 2 atom stereocenters. The number of aromatic nitrogens is 2. The molecule has 11 heteroatoms. The van der Waals surface area contributed by atoms with Gasteiger partial charge in [0.1, 0.15) is 17.0 Å². The first-order valence-corrected chi connectivity index (χ1v) is 13.8. The molecule has 1 spiro atoms. The number of nitrogens with one attached hydrogen (secondary N) is 3. The Kier molecular flexibility index (Phi) is 7.23. The highest BCUT2D eigenvalue weighted by Crippen LogP contribution is 2.31. The van der Waals surface area contributed by atoms with Crippen LogP contribution in [0, 0.1) is 5.92 Å². The number of amides is 5. The number of carbonyl (C=O) groups is 4. The molecule has 0 saturated carbocycles. The van der Waals surface area contributed by atoms with Crippen LogP contribution in [0.15, 0.2) is 48.5 Å². The summed E-state index contributed by atoms with van der Waals surface area (Å²) in [4.78, 5) is 56.9. The van der Waals surface area contributed by atoms with Crippen molar-refractivity contribution in [3.05, 3.63) is 65.5 Å². The van der Waals surface area contributed by atoms with E-state index in [1.54, 1.807) is 32.9 Å². The minimum Gasteiger partial charge on any atom is -0.444 e. The molecule has 3 N–H and O–H groups in total. The number of carbonyl (C=O) groups excluding carboxylic acids is 4. The van der Waals surface area contributed by atoms with Crippen molar-refractivity contribution >= 4 is 35.0 Å². The van der Waals surface area contributed by atoms with Crippen LogP contribution in [0.3, 0.4) is 0 Å². The van der Waals surface area contributed by atoms with E-state index in [-0.39, 0.29) is 31.5 Å². The third kappa shape index (κ3) is 5.61. The molecule has 0 aliphatic carbocycles. The van der Waals surface area contributed by atoms with E-state index in [2.05, 4.69) is 40.4 Å². The van der Waals surface area contributed by atoms with Crippen molar-refractivity contribution in [1.82, 2.24) is 30.4 Å². The maximum absolute atomic E-state index is 13.1. The zero-order chi connectivity index (χ0) is 29.5. The Labute approximate surface area is 238 Å². The summed E-state index contributed by atoms with van der Waals surface area (Å²) in [7, 11) is 0. The van der Waals surface area contributed by atoms with Gasteiger partial charge in [0.05, 0.1) is 17.6 Å². The Hall–Kier alpha value is -4.41. The number of ether oxygens (including phenoxy) is 1. The number of hydrogen-bond acceptors (Lipinski definition) is 6. The minimum atomic E-state index is -1.34. The van der Waals surface area contributed by atoms with E-state index in [0.717, 1.165) is 22.4 Å². The van der Waals surface area contributed by atoms with Gasteiger partial charge in [0.25, 0.3) is 11.8 Å². The fourth-order valence-electron chi connectivity index (χ4n) is 5.49. The molecule has 2 aromatic carbocycles. The van der Waals surface area contributed by atoms with Crippen molar-refractivity contribution in [2.24, 2.45) is 5.92 Å². The largest absolute Gasteiger partial charge is 0.444 e. The summed E-state index contributed by atoms with van der Waals surface area (Å²) in [5.74, 6) is -0.131. The Bertz CT molecular complexity index is 1510. The van der Waals surface area contributed by atoms with E-state index in [1.807, 2.05) is 30.3 Å². The Balaban J connectivity index is 1.27. The Morgan fingerprint density at radius 2 is 1.83 bits per heavy atom.